The van der Waals surface area contributed by atoms with E-state index in [1.54, 1.807) is 12.1 Å². The molecule has 0 saturated heterocycles. The molecule has 0 fully saturated rings. The van der Waals surface area contributed by atoms with E-state index >= 15 is 0 Å². The van der Waals surface area contributed by atoms with Crippen molar-refractivity contribution in [1.29, 1.82) is 0 Å². The van der Waals surface area contributed by atoms with E-state index in [2.05, 4.69) is 0 Å². The molecule has 1 aromatic heterocycles. The normalized spacial score (nSPS) is 12.8. The first kappa shape index (κ1) is 12.2. The third-order valence-electron chi connectivity index (χ3n) is 3.19. The Labute approximate surface area is 112 Å². The first-order valence-electron chi connectivity index (χ1n) is 5.88. The molecule has 1 aromatic carbocycles. The van der Waals surface area contributed by atoms with Crippen molar-refractivity contribution in [2.45, 2.75) is 6.92 Å². The van der Waals surface area contributed by atoms with Crippen LogP contribution in [0.4, 0.5) is 0 Å². The predicted octanol–water partition coefficient (Wildman–Crippen LogP) is 1.62. The Hall–Kier alpha value is -2.82. The van der Waals surface area contributed by atoms with Crippen LogP contribution >= 0.6 is 0 Å². The van der Waals surface area contributed by atoms with Gasteiger partial charge in [-0.1, -0.05) is 24.3 Å². The van der Waals surface area contributed by atoms with Gasteiger partial charge in [0.1, 0.15) is 5.56 Å². The summed E-state index contributed by atoms with van der Waals surface area (Å²) in [7, 11) is 0. The van der Waals surface area contributed by atoms with Gasteiger partial charge >= 0.3 is 5.63 Å². The second-order valence-corrected chi connectivity index (χ2v) is 4.45. The maximum atomic E-state index is 12.3. The number of benzene rings is 1. The molecule has 98 valence electrons. The summed E-state index contributed by atoms with van der Waals surface area (Å²) in [5, 5.41) is 0. The lowest BCUT2D eigenvalue weighted by molar-refractivity contribution is 0.0948. The number of rotatable bonds is 1. The molecule has 0 amide bonds. The lowest BCUT2D eigenvalue weighted by Crippen LogP contribution is -2.25. The average molecular weight is 268 g/mol. The summed E-state index contributed by atoms with van der Waals surface area (Å²) >= 11 is 0. The highest BCUT2D eigenvalue weighted by Crippen LogP contribution is 2.26. The molecule has 5 heteroatoms. The number of carbonyl (C=O) groups is 3. The predicted molar refractivity (Wildman–Crippen MR) is 68.3 cm³/mol. The zero-order valence-electron chi connectivity index (χ0n) is 10.4. The second kappa shape index (κ2) is 4.09. The molecule has 0 saturated carbocycles. The van der Waals surface area contributed by atoms with Gasteiger partial charge in [0, 0.05) is 11.1 Å². The van der Waals surface area contributed by atoms with Crippen LogP contribution in [-0.2, 0) is 0 Å². The Morgan fingerprint density at radius 2 is 1.55 bits per heavy atom. The maximum absolute atomic E-state index is 12.3. The van der Waals surface area contributed by atoms with Gasteiger partial charge in [-0.15, -0.1) is 0 Å². The van der Waals surface area contributed by atoms with Gasteiger partial charge in [-0.3, -0.25) is 14.4 Å². The Bertz CT molecular complexity index is 842. The molecule has 0 spiro atoms. The van der Waals surface area contributed by atoms with Crippen molar-refractivity contribution >= 4 is 17.3 Å². The summed E-state index contributed by atoms with van der Waals surface area (Å²) < 4.78 is 4.88. The molecule has 1 heterocycles. The summed E-state index contributed by atoms with van der Waals surface area (Å²) in [6.45, 7) is 1.20. The van der Waals surface area contributed by atoms with Gasteiger partial charge in [-0.05, 0) is 13.0 Å². The Morgan fingerprint density at radius 3 is 2.15 bits per heavy atom. The van der Waals surface area contributed by atoms with Gasteiger partial charge in [-0.25, -0.2) is 4.79 Å². The van der Waals surface area contributed by atoms with Crippen molar-refractivity contribution in [3.05, 3.63) is 68.8 Å². The number of carbonyl (C=O) groups excluding carboxylic acids is 3. The fraction of sp³-hybridized carbons (Fsp3) is 0.0667. The topological polar surface area (TPSA) is 81.4 Å². The highest BCUT2D eigenvalue weighted by atomic mass is 16.4. The van der Waals surface area contributed by atoms with Gasteiger partial charge in [0.15, 0.2) is 17.3 Å². The third-order valence-corrected chi connectivity index (χ3v) is 3.19. The van der Waals surface area contributed by atoms with Gasteiger partial charge in [0.25, 0.3) is 0 Å². The smallest absolute Gasteiger partial charge is 0.347 e. The summed E-state index contributed by atoms with van der Waals surface area (Å²) in [5.41, 5.74) is -0.739. The van der Waals surface area contributed by atoms with Crippen molar-refractivity contribution in [1.82, 2.24) is 0 Å². The minimum atomic E-state index is -0.906. The first-order valence-corrected chi connectivity index (χ1v) is 5.88. The van der Waals surface area contributed by atoms with Crippen LogP contribution < -0.4 is 5.63 Å². The molecule has 2 aromatic rings. The number of hydrogen-bond acceptors (Lipinski definition) is 5. The molecule has 1 aliphatic carbocycles. The average Bonchev–Trinajstić information content (AvgIpc) is 2.44. The zero-order valence-corrected chi connectivity index (χ0v) is 10.4. The Balaban J connectivity index is 2.34. The molecule has 0 aliphatic heterocycles. The molecule has 3 rings (SSSR count). The van der Waals surface area contributed by atoms with Crippen LogP contribution in [0.2, 0.25) is 0 Å². The van der Waals surface area contributed by atoms with E-state index in [-0.39, 0.29) is 28.0 Å². The van der Waals surface area contributed by atoms with Crippen LogP contribution in [0, 0.1) is 0 Å². The molecule has 0 atom stereocenters. The summed E-state index contributed by atoms with van der Waals surface area (Å²) in [6, 6.07) is 7.42. The maximum Gasteiger partial charge on any atom is 0.347 e. The molecule has 0 radical (unpaired) electrons. The molecule has 0 N–H and O–H groups in total. The van der Waals surface area contributed by atoms with Crippen LogP contribution in [0.5, 0.6) is 0 Å². The zero-order chi connectivity index (χ0) is 14.4. The fourth-order valence-corrected chi connectivity index (χ4v) is 2.20. The SMILES string of the molecule is CC(=O)c1cc2c(oc1=O)C(=O)c1ccccc1C2=O. The number of hydrogen-bond donors (Lipinski definition) is 0. The summed E-state index contributed by atoms with van der Waals surface area (Å²) in [5.74, 6) is -1.77. The summed E-state index contributed by atoms with van der Waals surface area (Å²) in [6.07, 6.45) is 0. The fourth-order valence-electron chi connectivity index (χ4n) is 2.20. The van der Waals surface area contributed by atoms with Crippen LogP contribution in [-0.4, -0.2) is 17.3 Å². The Morgan fingerprint density at radius 1 is 0.950 bits per heavy atom. The second-order valence-electron chi connectivity index (χ2n) is 4.45. The van der Waals surface area contributed by atoms with E-state index in [0.717, 1.165) is 6.07 Å². The van der Waals surface area contributed by atoms with Crippen molar-refractivity contribution in [3.8, 4) is 0 Å². The van der Waals surface area contributed by atoms with E-state index in [0.29, 0.717) is 0 Å². The number of ketones is 3. The standard InChI is InChI=1S/C15H8O5/c1-7(16)10-6-11-12(17)8-4-2-3-5-9(8)13(18)14(11)20-15(10)19/h2-6H,1H3. The first-order chi connectivity index (χ1) is 9.50. The van der Waals surface area contributed by atoms with E-state index in [4.69, 9.17) is 4.42 Å². The summed E-state index contributed by atoms with van der Waals surface area (Å²) in [4.78, 5) is 47.5. The van der Waals surface area contributed by atoms with Gasteiger partial charge in [0.2, 0.25) is 5.78 Å². The van der Waals surface area contributed by atoms with Crippen molar-refractivity contribution in [2.75, 3.05) is 0 Å². The van der Waals surface area contributed by atoms with Crippen molar-refractivity contribution < 1.29 is 18.8 Å². The molecule has 0 bridgehead atoms. The lowest BCUT2D eigenvalue weighted by atomic mass is 9.87. The monoisotopic (exact) mass is 268 g/mol. The van der Waals surface area contributed by atoms with E-state index in [1.807, 2.05) is 0 Å². The highest BCUT2D eigenvalue weighted by Gasteiger charge is 2.33. The quantitative estimate of drug-likeness (QED) is 0.626. The molecular formula is C15H8O5. The molecule has 1 aliphatic rings. The van der Waals surface area contributed by atoms with Gasteiger partial charge in [0.05, 0.1) is 5.56 Å². The largest absolute Gasteiger partial charge is 0.418 e. The van der Waals surface area contributed by atoms with Gasteiger partial charge in [-0.2, -0.15) is 0 Å². The Kier molecular flexibility index (Phi) is 2.50. The van der Waals surface area contributed by atoms with Crippen molar-refractivity contribution in [3.63, 3.8) is 0 Å². The highest BCUT2D eigenvalue weighted by molar-refractivity contribution is 6.27. The molecule has 5 nitrogen and oxygen atoms in total. The van der Waals surface area contributed by atoms with Crippen LogP contribution in [0.15, 0.2) is 39.5 Å². The van der Waals surface area contributed by atoms with Gasteiger partial charge < -0.3 is 4.42 Å². The van der Waals surface area contributed by atoms with Crippen LogP contribution in [0.1, 0.15) is 49.3 Å². The number of fused-ring (bicyclic) bond motifs is 2. The minimum Gasteiger partial charge on any atom is -0.418 e. The molecular weight excluding hydrogens is 260 g/mol. The number of Topliss-reactive ketones (excluding diaryl/α,β-unsaturated/α-hetero) is 1. The van der Waals surface area contributed by atoms with Crippen LogP contribution in [0.25, 0.3) is 0 Å². The third kappa shape index (κ3) is 1.56. The van der Waals surface area contributed by atoms with Crippen molar-refractivity contribution in [2.24, 2.45) is 0 Å². The van der Waals surface area contributed by atoms with Crippen LogP contribution in [0.3, 0.4) is 0 Å². The lowest BCUT2D eigenvalue weighted by Gasteiger charge is -2.15. The molecule has 0 unspecified atom stereocenters. The van der Waals surface area contributed by atoms with E-state index in [1.165, 1.54) is 19.1 Å². The van der Waals surface area contributed by atoms with E-state index in [9.17, 15) is 19.2 Å². The minimum absolute atomic E-state index is 0.0431. The molecule has 20 heavy (non-hydrogen) atoms. The van der Waals surface area contributed by atoms with E-state index < -0.39 is 23.0 Å².